The SMILES string of the molecule is CC[C@@H](Cc1ccc(F)cc1)C(C)=O. The van der Waals surface area contributed by atoms with Crippen LogP contribution < -0.4 is 0 Å². The normalized spacial score (nSPS) is 12.5. The molecule has 0 spiro atoms. The highest BCUT2D eigenvalue weighted by atomic mass is 19.1. The highest BCUT2D eigenvalue weighted by Gasteiger charge is 2.11. The predicted octanol–water partition coefficient (Wildman–Crippen LogP) is 2.98. The van der Waals surface area contributed by atoms with Crippen molar-refractivity contribution in [3.8, 4) is 0 Å². The Labute approximate surface area is 83.9 Å². The smallest absolute Gasteiger partial charge is 0.133 e. The lowest BCUT2D eigenvalue weighted by atomic mass is 9.94. The third-order valence-corrected chi connectivity index (χ3v) is 2.46. The molecule has 0 bridgehead atoms. The van der Waals surface area contributed by atoms with Gasteiger partial charge in [0.2, 0.25) is 0 Å². The lowest BCUT2D eigenvalue weighted by Crippen LogP contribution is -2.12. The van der Waals surface area contributed by atoms with Crippen LogP contribution in [0.2, 0.25) is 0 Å². The zero-order valence-corrected chi connectivity index (χ0v) is 8.59. The Morgan fingerprint density at radius 1 is 1.36 bits per heavy atom. The number of rotatable bonds is 4. The first-order valence-corrected chi connectivity index (χ1v) is 4.88. The van der Waals surface area contributed by atoms with E-state index in [1.165, 1.54) is 12.1 Å². The van der Waals surface area contributed by atoms with E-state index in [-0.39, 0.29) is 17.5 Å². The summed E-state index contributed by atoms with van der Waals surface area (Å²) in [7, 11) is 0. The molecule has 0 amide bonds. The Morgan fingerprint density at radius 2 is 1.93 bits per heavy atom. The van der Waals surface area contributed by atoms with Gasteiger partial charge in [-0.25, -0.2) is 4.39 Å². The van der Waals surface area contributed by atoms with E-state index in [0.717, 1.165) is 12.0 Å². The maximum absolute atomic E-state index is 12.6. The summed E-state index contributed by atoms with van der Waals surface area (Å²) in [6.45, 7) is 3.60. The van der Waals surface area contributed by atoms with Crippen LogP contribution in [0.15, 0.2) is 24.3 Å². The molecule has 1 atom stereocenters. The lowest BCUT2D eigenvalue weighted by molar-refractivity contribution is -0.120. The van der Waals surface area contributed by atoms with Crippen molar-refractivity contribution in [3.05, 3.63) is 35.6 Å². The van der Waals surface area contributed by atoms with E-state index in [9.17, 15) is 9.18 Å². The monoisotopic (exact) mass is 194 g/mol. The van der Waals surface area contributed by atoms with Crippen LogP contribution in [0.25, 0.3) is 0 Å². The van der Waals surface area contributed by atoms with Crippen LogP contribution >= 0.6 is 0 Å². The molecule has 14 heavy (non-hydrogen) atoms. The van der Waals surface area contributed by atoms with Gasteiger partial charge in [-0.15, -0.1) is 0 Å². The Balaban J connectivity index is 2.67. The van der Waals surface area contributed by atoms with E-state index in [0.29, 0.717) is 6.42 Å². The molecule has 0 saturated carbocycles. The molecular formula is C12H15FO. The highest BCUT2D eigenvalue weighted by Crippen LogP contribution is 2.13. The minimum Gasteiger partial charge on any atom is -0.300 e. The summed E-state index contributed by atoms with van der Waals surface area (Å²) in [5.74, 6) is 0.0434. The van der Waals surface area contributed by atoms with Crippen LogP contribution in [0, 0.1) is 11.7 Å². The molecule has 0 heterocycles. The van der Waals surface area contributed by atoms with Gasteiger partial charge in [0.1, 0.15) is 11.6 Å². The van der Waals surface area contributed by atoms with Crippen LogP contribution in [-0.4, -0.2) is 5.78 Å². The van der Waals surface area contributed by atoms with E-state index in [1.54, 1.807) is 19.1 Å². The summed E-state index contributed by atoms with van der Waals surface area (Å²) < 4.78 is 12.6. The Hall–Kier alpha value is -1.18. The van der Waals surface area contributed by atoms with Gasteiger partial charge in [-0.3, -0.25) is 4.79 Å². The summed E-state index contributed by atoms with van der Waals surface area (Å²) in [6.07, 6.45) is 1.55. The summed E-state index contributed by atoms with van der Waals surface area (Å²) >= 11 is 0. The summed E-state index contributed by atoms with van der Waals surface area (Å²) in [5.41, 5.74) is 1.02. The molecule has 76 valence electrons. The second-order valence-corrected chi connectivity index (χ2v) is 3.55. The van der Waals surface area contributed by atoms with Gasteiger partial charge >= 0.3 is 0 Å². The first kappa shape index (κ1) is 10.9. The molecule has 1 nitrogen and oxygen atoms in total. The molecule has 0 fully saturated rings. The highest BCUT2D eigenvalue weighted by molar-refractivity contribution is 5.78. The Bertz CT molecular complexity index is 303. The quantitative estimate of drug-likeness (QED) is 0.720. The molecule has 0 aliphatic heterocycles. The maximum atomic E-state index is 12.6. The fourth-order valence-corrected chi connectivity index (χ4v) is 1.48. The Kier molecular flexibility index (Phi) is 3.81. The van der Waals surface area contributed by atoms with Crippen molar-refractivity contribution in [2.24, 2.45) is 5.92 Å². The molecule has 0 N–H and O–H groups in total. The van der Waals surface area contributed by atoms with Crippen LogP contribution in [-0.2, 0) is 11.2 Å². The van der Waals surface area contributed by atoms with Gasteiger partial charge in [0.25, 0.3) is 0 Å². The van der Waals surface area contributed by atoms with Crippen molar-refractivity contribution in [3.63, 3.8) is 0 Å². The number of carbonyl (C=O) groups excluding carboxylic acids is 1. The standard InChI is InChI=1S/C12H15FO/c1-3-11(9(2)14)8-10-4-6-12(13)7-5-10/h4-7,11H,3,8H2,1-2H3/t11-/m0/s1. The van der Waals surface area contributed by atoms with Gasteiger partial charge in [0, 0.05) is 5.92 Å². The van der Waals surface area contributed by atoms with Crippen molar-refractivity contribution in [1.29, 1.82) is 0 Å². The van der Waals surface area contributed by atoms with Gasteiger partial charge in [-0.2, -0.15) is 0 Å². The number of Topliss-reactive ketones (excluding diaryl/α,β-unsaturated/α-hetero) is 1. The van der Waals surface area contributed by atoms with E-state index < -0.39 is 0 Å². The van der Waals surface area contributed by atoms with E-state index >= 15 is 0 Å². The third-order valence-electron chi connectivity index (χ3n) is 2.46. The molecule has 1 rings (SSSR count). The molecule has 0 unspecified atom stereocenters. The average molecular weight is 194 g/mol. The fraction of sp³-hybridized carbons (Fsp3) is 0.417. The van der Waals surface area contributed by atoms with Crippen LogP contribution in [0.3, 0.4) is 0 Å². The van der Waals surface area contributed by atoms with Crippen molar-refractivity contribution >= 4 is 5.78 Å². The second kappa shape index (κ2) is 4.89. The van der Waals surface area contributed by atoms with Gasteiger partial charge in [0.15, 0.2) is 0 Å². The minimum absolute atomic E-state index is 0.0699. The third kappa shape index (κ3) is 2.95. The van der Waals surface area contributed by atoms with Crippen molar-refractivity contribution in [2.45, 2.75) is 26.7 Å². The van der Waals surface area contributed by atoms with E-state index in [2.05, 4.69) is 0 Å². The molecule has 0 saturated heterocycles. The largest absolute Gasteiger partial charge is 0.300 e. The molecule has 0 aliphatic carbocycles. The zero-order valence-electron chi connectivity index (χ0n) is 8.59. The number of hydrogen-bond acceptors (Lipinski definition) is 1. The van der Waals surface area contributed by atoms with E-state index in [4.69, 9.17) is 0 Å². The van der Waals surface area contributed by atoms with Gasteiger partial charge in [-0.05, 0) is 37.5 Å². The summed E-state index contributed by atoms with van der Waals surface area (Å²) in [4.78, 5) is 11.2. The molecule has 0 aliphatic rings. The summed E-state index contributed by atoms with van der Waals surface area (Å²) in [6, 6.07) is 6.34. The number of hydrogen-bond donors (Lipinski definition) is 0. The number of benzene rings is 1. The molecule has 0 aromatic heterocycles. The van der Waals surface area contributed by atoms with Crippen LogP contribution in [0.4, 0.5) is 4.39 Å². The van der Waals surface area contributed by atoms with Crippen LogP contribution in [0.1, 0.15) is 25.8 Å². The van der Waals surface area contributed by atoms with E-state index in [1.807, 2.05) is 6.92 Å². The number of carbonyl (C=O) groups is 1. The van der Waals surface area contributed by atoms with Crippen molar-refractivity contribution in [2.75, 3.05) is 0 Å². The molecule has 2 heteroatoms. The average Bonchev–Trinajstić information content (AvgIpc) is 2.16. The minimum atomic E-state index is -0.232. The number of halogens is 1. The predicted molar refractivity (Wildman–Crippen MR) is 54.6 cm³/mol. The van der Waals surface area contributed by atoms with Gasteiger partial charge in [-0.1, -0.05) is 19.1 Å². The Morgan fingerprint density at radius 3 is 2.36 bits per heavy atom. The maximum Gasteiger partial charge on any atom is 0.133 e. The zero-order chi connectivity index (χ0) is 10.6. The fourth-order valence-electron chi connectivity index (χ4n) is 1.48. The topological polar surface area (TPSA) is 17.1 Å². The molecule has 1 aromatic carbocycles. The molecule has 1 aromatic rings. The first-order chi connectivity index (χ1) is 6.63. The van der Waals surface area contributed by atoms with Crippen molar-refractivity contribution < 1.29 is 9.18 Å². The molecule has 0 radical (unpaired) electrons. The summed E-state index contributed by atoms with van der Waals surface area (Å²) in [5, 5.41) is 0. The number of ketones is 1. The van der Waals surface area contributed by atoms with Gasteiger partial charge < -0.3 is 0 Å². The van der Waals surface area contributed by atoms with Crippen molar-refractivity contribution in [1.82, 2.24) is 0 Å². The van der Waals surface area contributed by atoms with Crippen LogP contribution in [0.5, 0.6) is 0 Å². The van der Waals surface area contributed by atoms with Gasteiger partial charge in [0.05, 0.1) is 0 Å². The lowest BCUT2D eigenvalue weighted by Gasteiger charge is -2.10. The molecular weight excluding hydrogens is 179 g/mol. The second-order valence-electron chi connectivity index (χ2n) is 3.55. The first-order valence-electron chi connectivity index (χ1n) is 4.88.